The predicted molar refractivity (Wildman–Crippen MR) is 103 cm³/mol. The third-order valence-corrected chi connectivity index (χ3v) is 6.10. The fourth-order valence-corrected chi connectivity index (χ4v) is 4.13. The lowest BCUT2D eigenvalue weighted by Crippen LogP contribution is -2.42. The highest BCUT2D eigenvalue weighted by Gasteiger charge is 2.24. The number of benzene rings is 2. The first-order valence-electron chi connectivity index (χ1n) is 8.86. The molecule has 0 radical (unpaired) electrons. The van der Waals surface area contributed by atoms with Crippen LogP contribution < -0.4 is 9.62 Å². The zero-order chi connectivity index (χ0) is 18.7. The number of carbonyl (C=O) groups is 1. The smallest absolute Gasteiger partial charge is 0.242 e. The van der Waals surface area contributed by atoms with Crippen LogP contribution >= 0.6 is 0 Å². The van der Waals surface area contributed by atoms with Crippen molar-refractivity contribution < 1.29 is 13.2 Å². The van der Waals surface area contributed by atoms with Crippen molar-refractivity contribution in [3.63, 3.8) is 0 Å². The Kier molecular flexibility index (Phi) is 5.44. The summed E-state index contributed by atoms with van der Waals surface area (Å²) in [4.78, 5) is 14.4. The lowest BCUT2D eigenvalue weighted by atomic mass is 10.0. The van der Waals surface area contributed by atoms with Gasteiger partial charge in [-0.25, -0.2) is 13.1 Å². The number of hydrogen-bond acceptors (Lipinski definition) is 3. The van der Waals surface area contributed by atoms with E-state index < -0.39 is 10.0 Å². The van der Waals surface area contributed by atoms with Gasteiger partial charge in [0.1, 0.15) is 0 Å². The second-order valence-corrected chi connectivity index (χ2v) is 8.59. The summed E-state index contributed by atoms with van der Waals surface area (Å²) >= 11 is 0. The molecule has 1 aliphatic heterocycles. The van der Waals surface area contributed by atoms with Crippen LogP contribution in [0, 0.1) is 0 Å². The van der Waals surface area contributed by atoms with E-state index in [1.807, 2.05) is 36.4 Å². The first-order chi connectivity index (χ1) is 12.4. The Hall–Kier alpha value is -2.18. The van der Waals surface area contributed by atoms with Crippen molar-refractivity contribution in [1.82, 2.24) is 4.72 Å². The summed E-state index contributed by atoms with van der Waals surface area (Å²) < 4.78 is 27.4. The Morgan fingerprint density at radius 3 is 2.50 bits per heavy atom. The molecule has 0 saturated carbocycles. The van der Waals surface area contributed by atoms with E-state index >= 15 is 0 Å². The van der Waals surface area contributed by atoms with Crippen LogP contribution in [0.25, 0.3) is 0 Å². The summed E-state index contributed by atoms with van der Waals surface area (Å²) in [7, 11) is -3.71. The third kappa shape index (κ3) is 3.97. The van der Waals surface area contributed by atoms with Crippen LogP contribution in [0.4, 0.5) is 5.69 Å². The van der Waals surface area contributed by atoms with Gasteiger partial charge in [-0.15, -0.1) is 0 Å². The van der Waals surface area contributed by atoms with E-state index in [-0.39, 0.29) is 17.3 Å². The molecule has 6 heteroatoms. The fraction of sp³-hybridized carbons (Fsp3) is 0.350. The van der Waals surface area contributed by atoms with Gasteiger partial charge in [0.2, 0.25) is 15.9 Å². The number of hydrogen-bond donors (Lipinski definition) is 1. The molecule has 138 valence electrons. The van der Waals surface area contributed by atoms with Crippen LogP contribution in [0.2, 0.25) is 0 Å². The molecule has 1 heterocycles. The number of para-hydroxylation sites is 1. The summed E-state index contributed by atoms with van der Waals surface area (Å²) in [5.41, 5.74) is 3.08. The van der Waals surface area contributed by atoms with E-state index in [1.165, 1.54) is 0 Å². The molecule has 1 N–H and O–H groups in total. The molecule has 2 aromatic carbocycles. The quantitative estimate of drug-likeness (QED) is 0.877. The summed E-state index contributed by atoms with van der Waals surface area (Å²) in [5.74, 6) is 0.0972. The van der Waals surface area contributed by atoms with Gasteiger partial charge in [-0.3, -0.25) is 4.79 Å². The number of carbonyl (C=O) groups excluding carboxylic acids is 1. The maximum atomic E-state index is 12.6. The second kappa shape index (κ2) is 7.60. The maximum absolute atomic E-state index is 12.6. The molecule has 0 bridgehead atoms. The minimum atomic E-state index is -3.71. The molecule has 1 amide bonds. The van der Waals surface area contributed by atoms with Gasteiger partial charge in [0, 0.05) is 12.2 Å². The van der Waals surface area contributed by atoms with Gasteiger partial charge in [-0.1, -0.05) is 44.2 Å². The molecule has 0 aliphatic carbocycles. The fourth-order valence-electron chi connectivity index (χ4n) is 3.16. The second-order valence-electron chi connectivity index (χ2n) is 6.83. The Bertz CT molecular complexity index is 890. The van der Waals surface area contributed by atoms with Gasteiger partial charge in [0.15, 0.2) is 0 Å². The lowest BCUT2D eigenvalue weighted by molar-refractivity contribution is -0.117. The van der Waals surface area contributed by atoms with Crippen molar-refractivity contribution in [1.29, 1.82) is 0 Å². The number of sulfonamides is 1. The Morgan fingerprint density at radius 1 is 1.12 bits per heavy atom. The zero-order valence-corrected chi connectivity index (χ0v) is 15.9. The largest absolute Gasteiger partial charge is 0.311 e. The Balaban J connectivity index is 1.69. The van der Waals surface area contributed by atoms with Gasteiger partial charge in [-0.05, 0) is 48.1 Å². The van der Waals surface area contributed by atoms with E-state index in [1.54, 1.807) is 17.0 Å². The van der Waals surface area contributed by atoms with Gasteiger partial charge in [0.25, 0.3) is 0 Å². The molecule has 0 aromatic heterocycles. The van der Waals surface area contributed by atoms with Crippen LogP contribution in [-0.4, -0.2) is 27.4 Å². The monoisotopic (exact) mass is 372 g/mol. The van der Waals surface area contributed by atoms with Gasteiger partial charge in [-0.2, -0.15) is 0 Å². The molecule has 0 spiro atoms. The summed E-state index contributed by atoms with van der Waals surface area (Å²) in [6, 6.07) is 14.5. The highest BCUT2D eigenvalue weighted by Crippen LogP contribution is 2.26. The lowest BCUT2D eigenvalue weighted by Gasteiger charge is -2.29. The highest BCUT2D eigenvalue weighted by molar-refractivity contribution is 7.89. The number of anilines is 1. The topological polar surface area (TPSA) is 66.5 Å². The molecule has 0 unspecified atom stereocenters. The van der Waals surface area contributed by atoms with Crippen molar-refractivity contribution in [2.45, 2.75) is 37.5 Å². The number of nitrogens with one attached hydrogen (secondary N) is 1. The maximum Gasteiger partial charge on any atom is 0.242 e. The SMILES string of the molecule is CC(C)c1ccc(S(=O)(=O)NCC(=O)N2CCCc3ccccc32)cc1. The van der Waals surface area contributed by atoms with Crippen LogP contribution in [0.3, 0.4) is 0 Å². The molecule has 5 nitrogen and oxygen atoms in total. The molecule has 26 heavy (non-hydrogen) atoms. The van der Waals surface area contributed by atoms with E-state index in [4.69, 9.17) is 0 Å². The Morgan fingerprint density at radius 2 is 1.81 bits per heavy atom. The molecule has 0 saturated heterocycles. The predicted octanol–water partition coefficient (Wildman–Crippen LogP) is 3.07. The van der Waals surface area contributed by atoms with Crippen molar-refractivity contribution >= 4 is 21.6 Å². The van der Waals surface area contributed by atoms with E-state index in [0.717, 1.165) is 29.7 Å². The summed E-state index contributed by atoms with van der Waals surface area (Å²) in [5, 5.41) is 0. The normalized spacial score (nSPS) is 14.3. The van der Waals surface area contributed by atoms with Crippen molar-refractivity contribution in [3.05, 3.63) is 59.7 Å². The van der Waals surface area contributed by atoms with Crippen LogP contribution in [-0.2, 0) is 21.2 Å². The molecule has 3 rings (SSSR count). The van der Waals surface area contributed by atoms with Crippen molar-refractivity contribution in [3.8, 4) is 0 Å². The third-order valence-electron chi connectivity index (χ3n) is 4.68. The highest BCUT2D eigenvalue weighted by atomic mass is 32.2. The number of nitrogens with zero attached hydrogens (tertiary/aromatic N) is 1. The van der Waals surface area contributed by atoms with Gasteiger partial charge < -0.3 is 4.90 Å². The number of fused-ring (bicyclic) bond motifs is 1. The van der Waals surface area contributed by atoms with E-state index in [0.29, 0.717) is 12.5 Å². The van der Waals surface area contributed by atoms with Gasteiger partial charge in [0.05, 0.1) is 11.4 Å². The standard InChI is InChI=1S/C20H24N2O3S/c1-15(2)16-9-11-18(12-10-16)26(24,25)21-14-20(23)22-13-5-7-17-6-3-4-8-19(17)22/h3-4,6,8-12,15,21H,5,7,13-14H2,1-2H3. The van der Waals surface area contributed by atoms with Crippen molar-refractivity contribution in [2.75, 3.05) is 18.0 Å². The Labute approximate surface area is 155 Å². The molecule has 0 atom stereocenters. The molecular formula is C20H24N2O3S. The average molecular weight is 372 g/mol. The van der Waals surface area contributed by atoms with E-state index in [9.17, 15) is 13.2 Å². The molecule has 1 aliphatic rings. The number of aryl methyl sites for hydroxylation is 1. The molecular weight excluding hydrogens is 348 g/mol. The van der Waals surface area contributed by atoms with Crippen molar-refractivity contribution in [2.24, 2.45) is 0 Å². The van der Waals surface area contributed by atoms with Crippen LogP contribution in [0.15, 0.2) is 53.4 Å². The molecule has 0 fully saturated rings. The van der Waals surface area contributed by atoms with Gasteiger partial charge >= 0.3 is 0 Å². The summed E-state index contributed by atoms with van der Waals surface area (Å²) in [6.07, 6.45) is 1.82. The van der Waals surface area contributed by atoms with E-state index in [2.05, 4.69) is 18.6 Å². The average Bonchev–Trinajstić information content (AvgIpc) is 2.65. The first kappa shape index (κ1) is 18.6. The number of rotatable bonds is 5. The first-order valence-corrected chi connectivity index (χ1v) is 10.3. The zero-order valence-electron chi connectivity index (χ0n) is 15.1. The minimum Gasteiger partial charge on any atom is -0.311 e. The van der Waals surface area contributed by atoms with Crippen LogP contribution in [0.1, 0.15) is 37.3 Å². The van der Waals surface area contributed by atoms with Crippen LogP contribution in [0.5, 0.6) is 0 Å². The number of amides is 1. The molecule has 2 aromatic rings. The minimum absolute atomic E-state index is 0.175. The summed E-state index contributed by atoms with van der Waals surface area (Å²) in [6.45, 7) is 4.47.